The largest absolute Gasteiger partial charge is 0.481 e. The summed E-state index contributed by atoms with van der Waals surface area (Å²) in [7, 11) is 2.44. The molecule has 1 rings (SSSR count). The molecular weight excluding hydrogens is 297 g/mol. The fourth-order valence-corrected chi connectivity index (χ4v) is 3.10. The first-order valence-corrected chi connectivity index (χ1v) is 6.95. The maximum Gasteiger partial charge on any atom is 0.411 e. The molecule has 0 amide bonds. The number of halogens is 4. The van der Waals surface area contributed by atoms with Crippen molar-refractivity contribution in [1.82, 2.24) is 9.78 Å². The third-order valence-corrected chi connectivity index (χ3v) is 3.85. The smallest absolute Gasteiger partial charge is 0.411 e. The van der Waals surface area contributed by atoms with Gasteiger partial charge in [-0.25, -0.2) is 13.1 Å². The molecule has 1 heterocycles. The number of hydrogen-bond acceptors (Lipinski definition) is 4. The van der Waals surface area contributed by atoms with Crippen molar-refractivity contribution >= 4 is 19.7 Å². The van der Waals surface area contributed by atoms with E-state index in [0.29, 0.717) is 0 Å². The summed E-state index contributed by atoms with van der Waals surface area (Å²) in [6.07, 6.45) is -5.05. The van der Waals surface area contributed by atoms with E-state index in [0.717, 1.165) is 11.8 Å². The molecule has 5 nitrogen and oxygen atoms in total. The Morgan fingerprint density at radius 2 is 1.94 bits per heavy atom. The van der Waals surface area contributed by atoms with Crippen LogP contribution in [0.15, 0.2) is 0 Å². The van der Waals surface area contributed by atoms with Crippen LogP contribution in [0.5, 0.6) is 5.88 Å². The highest BCUT2D eigenvalue weighted by Gasteiger charge is 2.52. The lowest BCUT2D eigenvalue weighted by molar-refractivity contribution is -0.131. The molecule has 0 fully saturated rings. The summed E-state index contributed by atoms with van der Waals surface area (Å²) in [6.45, 7) is 1.25. The van der Waals surface area contributed by atoms with Crippen LogP contribution in [0.3, 0.4) is 0 Å². The lowest BCUT2D eigenvalue weighted by atomic mass is 10.1. The summed E-state index contributed by atoms with van der Waals surface area (Å²) in [6, 6.07) is 0. The van der Waals surface area contributed by atoms with E-state index in [1.807, 2.05) is 0 Å². The average Bonchev–Trinajstić information content (AvgIpc) is 2.37. The second kappa shape index (κ2) is 4.61. The van der Waals surface area contributed by atoms with Gasteiger partial charge in [0.25, 0.3) is 0 Å². The van der Waals surface area contributed by atoms with Crippen LogP contribution in [0.4, 0.5) is 13.2 Å². The molecule has 1 atom stereocenters. The van der Waals surface area contributed by atoms with E-state index in [9.17, 15) is 21.6 Å². The van der Waals surface area contributed by atoms with E-state index in [2.05, 4.69) is 5.10 Å². The van der Waals surface area contributed by atoms with Gasteiger partial charge in [-0.15, -0.1) is 0 Å². The minimum atomic E-state index is -5.05. The second-order valence-corrected chi connectivity index (χ2v) is 6.24. The highest BCUT2D eigenvalue weighted by Crippen LogP contribution is 2.45. The maximum absolute atomic E-state index is 12.9. The number of alkyl halides is 3. The molecule has 0 N–H and O–H groups in total. The van der Waals surface area contributed by atoms with Gasteiger partial charge in [0.05, 0.1) is 18.4 Å². The third-order valence-electron chi connectivity index (χ3n) is 2.25. The maximum atomic E-state index is 12.9. The SMILES string of the molecule is COc1c(C(C(F)(F)F)S(=O)(=O)Cl)c(C)nn1C. The first-order chi connectivity index (χ1) is 8.00. The number of rotatable bonds is 3. The lowest BCUT2D eigenvalue weighted by Crippen LogP contribution is -2.26. The summed E-state index contributed by atoms with van der Waals surface area (Å²) < 4.78 is 66.6. The number of hydrogen-bond donors (Lipinski definition) is 0. The van der Waals surface area contributed by atoms with Crippen molar-refractivity contribution in [1.29, 1.82) is 0 Å². The van der Waals surface area contributed by atoms with E-state index in [-0.39, 0.29) is 11.6 Å². The molecule has 10 heteroatoms. The molecule has 0 aliphatic heterocycles. The van der Waals surface area contributed by atoms with Gasteiger partial charge in [0, 0.05) is 17.7 Å². The van der Waals surface area contributed by atoms with E-state index < -0.39 is 26.0 Å². The molecule has 0 bridgehead atoms. The Hall–Kier alpha value is -0.960. The number of ether oxygens (including phenoxy) is 1. The van der Waals surface area contributed by atoms with Crippen LogP contribution >= 0.6 is 10.7 Å². The Balaban J connectivity index is 3.59. The van der Waals surface area contributed by atoms with Gasteiger partial charge in [0.15, 0.2) is 0 Å². The monoisotopic (exact) mass is 306 g/mol. The lowest BCUT2D eigenvalue weighted by Gasteiger charge is -2.17. The molecular formula is C8H10ClF3N2O3S. The van der Waals surface area contributed by atoms with Crippen molar-refractivity contribution in [3.05, 3.63) is 11.3 Å². The van der Waals surface area contributed by atoms with Crippen molar-refractivity contribution in [3.63, 3.8) is 0 Å². The first-order valence-electron chi connectivity index (χ1n) is 4.57. The molecule has 0 aliphatic rings. The number of aryl methyl sites for hydroxylation is 2. The molecule has 1 aromatic rings. The highest BCUT2D eigenvalue weighted by atomic mass is 35.7. The summed E-state index contributed by atoms with van der Waals surface area (Å²) in [4.78, 5) is 0. The normalized spacial score (nSPS) is 14.6. The van der Waals surface area contributed by atoms with E-state index >= 15 is 0 Å². The van der Waals surface area contributed by atoms with Crippen LogP contribution in [0.2, 0.25) is 0 Å². The van der Waals surface area contributed by atoms with Crippen LogP contribution in [-0.2, 0) is 16.1 Å². The Morgan fingerprint density at radius 1 is 1.44 bits per heavy atom. The average molecular weight is 307 g/mol. The number of aromatic nitrogens is 2. The zero-order valence-electron chi connectivity index (χ0n) is 9.62. The van der Waals surface area contributed by atoms with Crippen molar-refractivity contribution in [2.75, 3.05) is 7.11 Å². The minimum absolute atomic E-state index is 0.110. The van der Waals surface area contributed by atoms with E-state index in [4.69, 9.17) is 15.4 Å². The predicted octanol–water partition coefficient (Wildman–Crippen LogP) is 1.91. The van der Waals surface area contributed by atoms with Gasteiger partial charge >= 0.3 is 6.18 Å². The number of nitrogens with zero attached hydrogens (tertiary/aromatic N) is 2. The molecule has 0 saturated heterocycles. The van der Waals surface area contributed by atoms with Gasteiger partial charge in [0.1, 0.15) is 0 Å². The quantitative estimate of drug-likeness (QED) is 0.800. The Morgan fingerprint density at radius 3 is 2.28 bits per heavy atom. The molecule has 1 unspecified atom stereocenters. The van der Waals surface area contributed by atoms with E-state index in [1.54, 1.807) is 0 Å². The van der Waals surface area contributed by atoms with Crippen LogP contribution in [0.25, 0.3) is 0 Å². The van der Waals surface area contributed by atoms with Gasteiger partial charge < -0.3 is 4.74 Å². The summed E-state index contributed by atoms with van der Waals surface area (Å²) in [5.41, 5.74) is -0.705. The number of methoxy groups -OCH3 is 1. The minimum Gasteiger partial charge on any atom is -0.481 e. The predicted molar refractivity (Wildman–Crippen MR) is 58.1 cm³/mol. The fraction of sp³-hybridized carbons (Fsp3) is 0.625. The molecule has 0 saturated carbocycles. The summed E-state index contributed by atoms with van der Waals surface area (Å²) >= 11 is 0. The molecule has 104 valence electrons. The van der Waals surface area contributed by atoms with Crippen LogP contribution in [-0.4, -0.2) is 31.5 Å². The Kier molecular flexibility index (Phi) is 3.87. The van der Waals surface area contributed by atoms with Gasteiger partial charge in [0.2, 0.25) is 20.2 Å². The van der Waals surface area contributed by atoms with Crippen molar-refractivity contribution in [2.45, 2.75) is 18.3 Å². The Bertz CT molecular complexity index is 553. The van der Waals surface area contributed by atoms with Crippen molar-refractivity contribution in [3.8, 4) is 5.88 Å². The fourth-order valence-electron chi connectivity index (χ4n) is 1.66. The first kappa shape index (κ1) is 15.1. The van der Waals surface area contributed by atoms with Crippen LogP contribution in [0.1, 0.15) is 16.5 Å². The molecule has 18 heavy (non-hydrogen) atoms. The van der Waals surface area contributed by atoms with Crippen LogP contribution < -0.4 is 4.74 Å². The molecule has 0 radical (unpaired) electrons. The molecule has 1 aromatic heterocycles. The van der Waals surface area contributed by atoms with Crippen molar-refractivity contribution < 1.29 is 26.3 Å². The highest BCUT2D eigenvalue weighted by molar-refractivity contribution is 8.14. The van der Waals surface area contributed by atoms with Gasteiger partial charge in [-0.1, -0.05) is 0 Å². The second-order valence-electron chi connectivity index (χ2n) is 3.53. The van der Waals surface area contributed by atoms with Crippen molar-refractivity contribution in [2.24, 2.45) is 7.05 Å². The van der Waals surface area contributed by atoms with Gasteiger partial charge in [-0.2, -0.15) is 18.3 Å². The zero-order chi connectivity index (χ0) is 14.3. The molecule has 0 spiro atoms. The topological polar surface area (TPSA) is 61.2 Å². The molecule has 0 aromatic carbocycles. The van der Waals surface area contributed by atoms with Crippen LogP contribution in [0, 0.1) is 6.92 Å². The standard InChI is InChI=1S/C8H10ClF3N2O3S/c1-4-5(7(17-3)14(2)13-4)6(8(10,11)12)18(9,15)16/h6H,1-3H3. The Labute approximate surface area is 106 Å². The van der Waals surface area contributed by atoms with Gasteiger partial charge in [-0.3, -0.25) is 0 Å². The third kappa shape index (κ3) is 2.72. The molecule has 0 aliphatic carbocycles. The summed E-state index contributed by atoms with van der Waals surface area (Å²) in [5.74, 6) is -0.293. The zero-order valence-corrected chi connectivity index (χ0v) is 11.2. The summed E-state index contributed by atoms with van der Waals surface area (Å²) in [5, 5.41) is 0.833. The van der Waals surface area contributed by atoms with Gasteiger partial charge in [-0.05, 0) is 6.92 Å². The van der Waals surface area contributed by atoms with E-state index in [1.165, 1.54) is 14.0 Å².